The maximum atomic E-state index is 2.38. The molecule has 0 aliphatic carbocycles. The van der Waals surface area contributed by atoms with Gasteiger partial charge >= 0.3 is 35.5 Å². The summed E-state index contributed by atoms with van der Waals surface area (Å²) in [5.41, 5.74) is 0. The van der Waals surface area contributed by atoms with Crippen molar-refractivity contribution in [2.24, 2.45) is 0 Å². The van der Waals surface area contributed by atoms with E-state index in [1.165, 1.54) is 0 Å². The Balaban J connectivity index is 2.32. The zero-order chi connectivity index (χ0) is 3.58. The van der Waals surface area contributed by atoms with Crippen LogP contribution >= 0.6 is 0 Å². The molecule has 0 N–H and O–H groups in total. The van der Waals surface area contributed by atoms with Crippen molar-refractivity contribution >= 4 is 21.4 Å². The molecular formula is C3H9In. The van der Waals surface area contributed by atoms with Crippen LogP contribution in [0.1, 0.15) is 0 Å². The molecule has 0 nitrogen and oxygen atoms in total. The summed E-state index contributed by atoms with van der Waals surface area (Å²) >= 11 is -0.637. The molecule has 0 aliphatic heterocycles. The standard InChI is InChI=1S/3CH3.In/h3*1H3;/i;;;1+47. The average molecular weight is 50.1 g/mol. The number of rotatable bonds is 0. The van der Waals surface area contributed by atoms with Gasteiger partial charge in [-0.3, -0.25) is 0 Å². The fourth-order valence-electron chi connectivity index (χ4n) is 0. The third kappa shape index (κ3) is 13.3. The molecule has 1 heteroatoms. The van der Waals surface area contributed by atoms with E-state index in [9.17, 15) is 0 Å². The molecule has 0 aromatic rings. The molecule has 0 spiro atoms. The Morgan fingerprint density at radius 1 is 1.00 bits per heavy atom. The van der Waals surface area contributed by atoms with Gasteiger partial charge in [-0.2, -0.15) is 0 Å². The van der Waals surface area contributed by atoms with E-state index >= 15 is 0 Å². The summed E-state index contributed by atoms with van der Waals surface area (Å²) in [6.07, 6.45) is 0. The van der Waals surface area contributed by atoms with E-state index in [0.717, 1.165) is 0 Å². The molecule has 0 aromatic heterocycles. The van der Waals surface area contributed by atoms with E-state index in [1.54, 1.807) is 0 Å². The van der Waals surface area contributed by atoms with Crippen molar-refractivity contribution in [2.45, 2.75) is 14.0 Å². The molecule has 24 valence electrons. The molecule has 0 aromatic carbocycles. The second kappa shape index (κ2) is 2.13. The van der Waals surface area contributed by atoms with Gasteiger partial charge < -0.3 is 0 Å². The van der Waals surface area contributed by atoms with Crippen LogP contribution in [0.5, 0.6) is 0 Å². The average Bonchev–Trinajstić information content (AvgIpc) is 0.811. The summed E-state index contributed by atoms with van der Waals surface area (Å²) in [5.74, 6) is 0. The van der Waals surface area contributed by atoms with Crippen molar-refractivity contribution in [1.82, 2.24) is 0 Å². The van der Waals surface area contributed by atoms with Crippen molar-refractivity contribution < 1.29 is 0 Å². The molecule has 0 unspecified atom stereocenters. The topological polar surface area (TPSA) is 0 Å². The SMILES string of the molecule is [CH3][5In]([CH3])[CH3]. The van der Waals surface area contributed by atoms with Gasteiger partial charge in [-0.25, -0.2) is 0 Å². The van der Waals surface area contributed by atoms with Crippen molar-refractivity contribution in [3.8, 4) is 0 Å². The molecular weight excluding hydrogens is 41.0 g/mol. The van der Waals surface area contributed by atoms with Gasteiger partial charge in [0.2, 0.25) is 0 Å². The second-order valence-electron chi connectivity index (χ2n) is 1.73. The fourth-order valence-corrected chi connectivity index (χ4v) is 0. The third-order valence-corrected chi connectivity index (χ3v) is 0. The predicted octanol–water partition coefficient (Wildman–Crippen LogP) is 1.37. The third-order valence-electron chi connectivity index (χ3n) is 0. The quantitative estimate of drug-likeness (QED) is 0.389. The van der Waals surface area contributed by atoms with Gasteiger partial charge in [0.05, 0.1) is 0 Å². The van der Waals surface area contributed by atoms with Gasteiger partial charge in [0, 0.05) is 0 Å². The normalized spacial score (nSPS) is 6.75. The van der Waals surface area contributed by atoms with E-state index in [4.69, 9.17) is 0 Å². The summed E-state index contributed by atoms with van der Waals surface area (Å²) in [5, 5.41) is 0. The van der Waals surface area contributed by atoms with Gasteiger partial charge in [-0.05, 0) is 0 Å². The molecule has 0 atom stereocenters. The van der Waals surface area contributed by atoms with Crippen molar-refractivity contribution in [3.05, 3.63) is 0 Å². The molecule has 0 fully saturated rings. The van der Waals surface area contributed by atoms with Crippen LogP contribution in [0, 0.1) is 0 Å². The maximum absolute atomic E-state index is 2.38. The zero-order valence-electron chi connectivity index (χ0n) is 3.58. The van der Waals surface area contributed by atoms with Gasteiger partial charge in [0.1, 0.15) is 0 Å². The Morgan fingerprint density at radius 2 is 1.00 bits per heavy atom. The summed E-state index contributed by atoms with van der Waals surface area (Å²) in [7, 11) is 0. The van der Waals surface area contributed by atoms with Crippen LogP contribution in [0.15, 0.2) is 0 Å². The molecule has 0 rings (SSSR count). The van der Waals surface area contributed by atoms with Crippen LogP contribution in [0.25, 0.3) is 0 Å². The minimum atomic E-state index is -0.637. The van der Waals surface area contributed by atoms with Crippen molar-refractivity contribution in [1.29, 1.82) is 0 Å². The first kappa shape index (κ1) is 4.87. The van der Waals surface area contributed by atoms with Crippen LogP contribution in [-0.4, -0.2) is 21.4 Å². The Labute approximate surface area is 35.7 Å². The molecule has 0 saturated carbocycles. The van der Waals surface area contributed by atoms with Crippen LogP contribution in [0.2, 0.25) is 14.0 Å². The van der Waals surface area contributed by atoms with Gasteiger partial charge in [-0.15, -0.1) is 0 Å². The van der Waals surface area contributed by atoms with E-state index < -0.39 is 21.4 Å². The summed E-state index contributed by atoms with van der Waals surface area (Å²) in [4.78, 5) is 0. The number of hydrogen-bond acceptors (Lipinski definition) is 0. The first-order valence-corrected chi connectivity index (χ1v) is 11.6. The molecule has 0 aliphatic rings. The minimum absolute atomic E-state index is 0.637. The molecule has 0 bridgehead atoms. The second-order valence-corrected chi connectivity index (χ2v) is 11.6. The molecule has 0 saturated heterocycles. The van der Waals surface area contributed by atoms with E-state index in [1.807, 2.05) is 0 Å². The molecule has 0 radical (unpaired) electrons. The molecule has 0 amide bonds. The first-order chi connectivity index (χ1) is 1.73. The van der Waals surface area contributed by atoms with E-state index in [2.05, 4.69) is 14.0 Å². The zero-order valence-corrected chi connectivity index (χ0v) is 6.87. The van der Waals surface area contributed by atoms with Crippen molar-refractivity contribution in [2.75, 3.05) is 0 Å². The number of hydrogen-bond donors (Lipinski definition) is 0. The van der Waals surface area contributed by atoms with Gasteiger partial charge in [0.25, 0.3) is 0 Å². The molecule has 0 heterocycles. The molecule has 4 heavy (non-hydrogen) atoms. The predicted molar refractivity (Wildman–Crippen MR) is 23.3 cm³/mol. The van der Waals surface area contributed by atoms with E-state index in [0.29, 0.717) is 0 Å². The van der Waals surface area contributed by atoms with Crippen molar-refractivity contribution in [3.63, 3.8) is 0 Å². The van der Waals surface area contributed by atoms with Crippen LogP contribution in [0.4, 0.5) is 0 Å². The van der Waals surface area contributed by atoms with Crippen LogP contribution < -0.4 is 0 Å². The first-order valence-electron chi connectivity index (χ1n) is 1.73. The summed E-state index contributed by atoms with van der Waals surface area (Å²) in [6, 6.07) is 0. The van der Waals surface area contributed by atoms with Crippen LogP contribution in [0.3, 0.4) is 0 Å². The Morgan fingerprint density at radius 3 is 1.00 bits per heavy atom. The summed E-state index contributed by atoms with van der Waals surface area (Å²) in [6.45, 7) is 0. The van der Waals surface area contributed by atoms with Gasteiger partial charge in [-0.1, -0.05) is 0 Å². The Hall–Kier alpha value is 0.870. The summed E-state index contributed by atoms with van der Waals surface area (Å²) < 4.78 is 7.13. The fraction of sp³-hybridized carbons (Fsp3) is 1.00. The Kier molecular flexibility index (Phi) is 2.59. The Bertz CT molecular complexity index is 8.00. The van der Waals surface area contributed by atoms with E-state index in [-0.39, 0.29) is 0 Å². The monoisotopic (exact) mass is 50.1 g/mol. The van der Waals surface area contributed by atoms with Crippen LogP contribution in [-0.2, 0) is 0 Å². The van der Waals surface area contributed by atoms with Gasteiger partial charge in [0.15, 0.2) is 0 Å².